The molecule has 10 nitrogen and oxygen atoms in total. The third-order valence-corrected chi connectivity index (χ3v) is 18.9. The Morgan fingerprint density at radius 1 is 0.393 bits per heavy atom. The standard InChI is InChI=1S/2C18H15P.C16H12Cl2N2O2.C8H11BO4.C8H3BrCl2N2.2ClH.Pd/c2*1-4-10-16(11-5-1)19(17-12-6-2-7-13-17)18-14-8-3-9-15-18;1-21-12-4-10(5-13(7-12)22-2)9-3-11-8-19-16(18)20-15(11)14(17)6-9;1-12-7-3-6(9(10)11)4-8(5-7)13-2;9-5-1-4-3-12-8(11)13-7(4)6(10)2-5;;;/h2*1-15H;3-8H,1-2H3;3-5,10-11H,1-2H3;1-3H;2*1H;/q;;;;;;;+2/p-2. The van der Waals surface area contributed by atoms with E-state index in [9.17, 15) is 0 Å². The van der Waals surface area contributed by atoms with Crippen molar-refractivity contribution in [3.8, 4) is 34.1 Å². The van der Waals surface area contributed by atoms with Crippen molar-refractivity contribution in [2.24, 2.45) is 0 Å². The van der Waals surface area contributed by atoms with Gasteiger partial charge in [-0.3, -0.25) is 0 Å². The number of fused-ring (bicyclic) bond motifs is 2. The van der Waals surface area contributed by atoms with E-state index in [1.54, 1.807) is 38.7 Å². The predicted molar refractivity (Wildman–Crippen MR) is 377 cm³/mol. The number of nitrogens with zero attached hydrogens (tertiary/aromatic N) is 4. The van der Waals surface area contributed by atoms with Crippen LogP contribution in [0.25, 0.3) is 32.9 Å². The van der Waals surface area contributed by atoms with Gasteiger partial charge in [0.15, 0.2) is 0 Å². The van der Waals surface area contributed by atoms with Gasteiger partial charge in [-0.2, -0.15) is 0 Å². The molecule has 2 aromatic heterocycles. The summed E-state index contributed by atoms with van der Waals surface area (Å²) in [5.41, 5.74) is 3.48. The van der Waals surface area contributed by atoms with Crippen LogP contribution in [0.4, 0.5) is 0 Å². The molecule has 0 unspecified atom stereocenters. The van der Waals surface area contributed by atoms with E-state index in [0.717, 1.165) is 26.4 Å². The second-order valence-corrected chi connectivity index (χ2v) is 27.6. The number of methoxy groups -OCH3 is 4. The fourth-order valence-corrected chi connectivity index (χ4v) is 14.6. The minimum atomic E-state index is -1.51. The molecule has 0 aliphatic heterocycles. The van der Waals surface area contributed by atoms with Crippen molar-refractivity contribution in [1.82, 2.24) is 19.9 Å². The van der Waals surface area contributed by atoms with Crippen LogP contribution in [0.2, 0.25) is 20.6 Å². The molecular formula is C68H56BBrCl6N4O6P2Pd. The molecule has 0 fully saturated rings. The van der Waals surface area contributed by atoms with Gasteiger partial charge in [0.2, 0.25) is 10.6 Å². The molecule has 2 N–H and O–H groups in total. The number of rotatable bonds is 12. The van der Waals surface area contributed by atoms with Crippen LogP contribution in [-0.2, 0) is 15.9 Å². The van der Waals surface area contributed by atoms with Crippen molar-refractivity contribution >= 4 is 163 Å². The Bertz CT molecular complexity index is 3760. The van der Waals surface area contributed by atoms with E-state index in [1.165, 1.54) is 58.2 Å². The summed E-state index contributed by atoms with van der Waals surface area (Å²) in [6.07, 6.45) is 3.29. The molecular weight excluding hydrogens is 1440 g/mol. The summed E-state index contributed by atoms with van der Waals surface area (Å²) < 4.78 is 21.4. The molecule has 0 saturated carbocycles. The molecule has 0 radical (unpaired) electrons. The van der Waals surface area contributed by atoms with Crippen molar-refractivity contribution in [1.29, 1.82) is 0 Å². The quantitative estimate of drug-likeness (QED) is 0.0693. The fourth-order valence-electron chi connectivity index (χ4n) is 8.60. The Morgan fingerprint density at radius 3 is 0.978 bits per heavy atom. The Kier molecular flexibility index (Phi) is 29.4. The molecule has 12 rings (SSSR count). The first-order valence-corrected chi connectivity index (χ1v) is 35.7. The van der Waals surface area contributed by atoms with Gasteiger partial charge in [0.1, 0.15) is 23.0 Å². The average molecular weight is 1500 g/mol. The Balaban J connectivity index is 0.000000159. The van der Waals surface area contributed by atoms with Gasteiger partial charge in [-0.15, -0.1) is 0 Å². The SMILES string of the molecule is COc1cc(OC)cc(-c2cc(Cl)c3nc(Cl)ncc3c2)c1.COc1cc(OC)cc(B(O)O)c1.Clc1ncc2cc(Br)cc(Cl)c2n1.[Cl][Pd][Cl].c1ccc(P(c2ccccc2)c2ccccc2)cc1.c1ccc(P(c2ccccc2)c2ccccc2)cc1. The van der Waals surface area contributed by atoms with Gasteiger partial charge >= 0.3 is 42.1 Å². The van der Waals surface area contributed by atoms with Gasteiger partial charge in [0.05, 0.1) is 49.5 Å². The van der Waals surface area contributed by atoms with E-state index in [0.29, 0.717) is 49.5 Å². The van der Waals surface area contributed by atoms with Crippen molar-refractivity contribution in [3.63, 3.8) is 0 Å². The molecule has 0 saturated heterocycles. The Morgan fingerprint density at radius 2 is 0.674 bits per heavy atom. The van der Waals surface area contributed by atoms with Crippen molar-refractivity contribution in [3.05, 3.63) is 280 Å². The number of halogens is 7. The van der Waals surface area contributed by atoms with Crippen LogP contribution in [-0.4, -0.2) is 65.5 Å². The van der Waals surface area contributed by atoms with Crippen molar-refractivity contribution < 1.29 is 44.9 Å². The predicted octanol–water partition coefficient (Wildman–Crippen LogP) is 16.0. The molecule has 0 aliphatic rings. The van der Waals surface area contributed by atoms with E-state index in [1.807, 2.05) is 36.4 Å². The molecule has 2 heterocycles. The number of hydrogen-bond donors (Lipinski definition) is 2. The molecule has 0 bridgehead atoms. The molecule has 10 aromatic carbocycles. The maximum Gasteiger partial charge on any atom is -0.0134 e. The summed E-state index contributed by atoms with van der Waals surface area (Å²) in [4.78, 5) is 16.0. The van der Waals surface area contributed by atoms with E-state index < -0.39 is 23.0 Å². The summed E-state index contributed by atoms with van der Waals surface area (Å²) in [6.45, 7) is 0. The zero-order valence-corrected chi connectivity index (χ0v) is 57.5. The van der Waals surface area contributed by atoms with E-state index >= 15 is 0 Å². The Hall–Kier alpha value is -6.19. The second kappa shape index (κ2) is 37.2. The first-order valence-electron chi connectivity index (χ1n) is 26.7. The van der Waals surface area contributed by atoms with E-state index in [-0.39, 0.29) is 26.5 Å². The van der Waals surface area contributed by atoms with E-state index in [2.05, 4.69) is 218 Å². The van der Waals surface area contributed by atoms with Gasteiger partial charge < -0.3 is 29.0 Å². The van der Waals surface area contributed by atoms with Gasteiger partial charge in [-0.05, 0) is 136 Å². The van der Waals surface area contributed by atoms with Crippen LogP contribution in [0.1, 0.15) is 0 Å². The van der Waals surface area contributed by atoms with Crippen LogP contribution in [0.3, 0.4) is 0 Å². The minimum Gasteiger partial charge on any atom is -0.0622 e. The fraction of sp³-hybridized carbons (Fsp3) is 0.0588. The maximum atomic E-state index is 8.91. The zero-order valence-electron chi connectivity index (χ0n) is 48.0. The number of benzene rings is 10. The average Bonchev–Trinajstić information content (AvgIpc) is 2.72. The zero-order chi connectivity index (χ0) is 63.5. The summed E-state index contributed by atoms with van der Waals surface area (Å²) in [7, 11) is 13.5. The van der Waals surface area contributed by atoms with Crippen LogP contribution >= 0.6 is 97.2 Å². The molecule has 0 spiro atoms. The molecule has 0 atom stereocenters. The summed E-state index contributed by atoms with van der Waals surface area (Å²) in [5.74, 6) is 2.47. The third-order valence-electron chi connectivity index (χ3n) is 12.6. The van der Waals surface area contributed by atoms with Gasteiger partial charge in [-0.25, -0.2) is 19.9 Å². The van der Waals surface area contributed by atoms with Crippen molar-refractivity contribution in [2.45, 2.75) is 0 Å². The maximum absolute atomic E-state index is 8.91. The summed E-state index contributed by atoms with van der Waals surface area (Å²) in [5, 5.41) is 29.3. The number of ether oxygens (including phenoxy) is 4. The Labute approximate surface area is 566 Å². The van der Waals surface area contributed by atoms with Crippen LogP contribution in [0, 0.1) is 0 Å². The van der Waals surface area contributed by atoms with Crippen molar-refractivity contribution in [2.75, 3.05) is 28.4 Å². The summed E-state index contributed by atoms with van der Waals surface area (Å²) in [6, 6.07) is 82.5. The minimum absolute atomic E-state index is 0.106. The smallest absolute Gasteiger partial charge is 0.0134 e. The molecule has 89 heavy (non-hydrogen) atoms. The van der Waals surface area contributed by atoms with Crippen LogP contribution in [0.5, 0.6) is 23.0 Å². The number of aromatic nitrogens is 4. The molecule has 12 aromatic rings. The molecule has 0 aliphatic carbocycles. The van der Waals surface area contributed by atoms with Gasteiger partial charge in [0, 0.05) is 39.8 Å². The van der Waals surface area contributed by atoms with E-state index in [4.69, 9.17) is 94.5 Å². The normalized spacial score (nSPS) is 10.4. The van der Waals surface area contributed by atoms with Gasteiger partial charge in [-0.1, -0.05) is 221 Å². The topological polar surface area (TPSA) is 129 Å². The molecule has 456 valence electrons. The number of hydrogen-bond acceptors (Lipinski definition) is 10. The van der Waals surface area contributed by atoms with Crippen LogP contribution in [0.15, 0.2) is 260 Å². The largest absolute Gasteiger partial charge is 0.0622 e. The molecule has 21 heteroatoms. The first-order chi connectivity index (χ1) is 43.2. The van der Waals surface area contributed by atoms with Gasteiger partial charge in [0.25, 0.3) is 0 Å². The summed E-state index contributed by atoms with van der Waals surface area (Å²) >= 11 is 26.9. The monoisotopic (exact) mass is 1490 g/mol. The van der Waals surface area contributed by atoms with Crippen LogP contribution < -0.4 is 56.2 Å². The third kappa shape index (κ3) is 21.5. The first kappa shape index (κ1) is 70.3. The molecule has 0 amide bonds. The second-order valence-electron chi connectivity index (χ2n) is 18.3.